The standard InChI is InChI=1S/C16H27NO2S/c1-12(2)8-17-9-16-7-14(13(3)20-16)10-18-11-15-5-4-6-19-15/h7,12,15,17H,4-6,8-11H2,1-3H3. The van der Waals surface area contributed by atoms with E-state index in [4.69, 9.17) is 9.47 Å². The smallest absolute Gasteiger partial charge is 0.0809 e. The van der Waals surface area contributed by atoms with Gasteiger partial charge < -0.3 is 14.8 Å². The van der Waals surface area contributed by atoms with Crippen LogP contribution in [0, 0.1) is 12.8 Å². The van der Waals surface area contributed by atoms with Gasteiger partial charge in [-0.3, -0.25) is 0 Å². The van der Waals surface area contributed by atoms with Crippen molar-refractivity contribution in [3.8, 4) is 0 Å². The highest BCUT2D eigenvalue weighted by atomic mass is 32.1. The van der Waals surface area contributed by atoms with Gasteiger partial charge in [-0.05, 0) is 43.9 Å². The molecule has 4 heteroatoms. The Morgan fingerprint density at radius 1 is 1.50 bits per heavy atom. The van der Waals surface area contributed by atoms with Gasteiger partial charge in [0.25, 0.3) is 0 Å². The lowest BCUT2D eigenvalue weighted by Gasteiger charge is -2.09. The van der Waals surface area contributed by atoms with Crippen molar-refractivity contribution in [2.45, 2.75) is 52.9 Å². The second-order valence-corrected chi connectivity index (χ2v) is 7.31. The lowest BCUT2D eigenvalue weighted by molar-refractivity contribution is 0.0105. The van der Waals surface area contributed by atoms with Gasteiger partial charge >= 0.3 is 0 Å². The summed E-state index contributed by atoms with van der Waals surface area (Å²) < 4.78 is 11.4. The number of rotatable bonds is 8. The largest absolute Gasteiger partial charge is 0.376 e. The molecule has 0 saturated carbocycles. The Morgan fingerprint density at radius 2 is 2.35 bits per heavy atom. The maximum absolute atomic E-state index is 5.80. The molecule has 1 N–H and O–H groups in total. The molecule has 1 atom stereocenters. The average Bonchev–Trinajstić information content (AvgIpc) is 3.00. The van der Waals surface area contributed by atoms with Crippen LogP contribution in [0.15, 0.2) is 6.07 Å². The second-order valence-electron chi connectivity index (χ2n) is 5.97. The van der Waals surface area contributed by atoms with Crippen LogP contribution in [-0.4, -0.2) is 25.9 Å². The van der Waals surface area contributed by atoms with Crippen LogP contribution < -0.4 is 5.32 Å². The minimum atomic E-state index is 0.320. The molecule has 3 nitrogen and oxygen atoms in total. The Balaban J connectivity index is 1.72. The summed E-state index contributed by atoms with van der Waals surface area (Å²) in [4.78, 5) is 2.78. The van der Waals surface area contributed by atoms with E-state index >= 15 is 0 Å². The summed E-state index contributed by atoms with van der Waals surface area (Å²) in [5.41, 5.74) is 1.33. The Morgan fingerprint density at radius 3 is 3.05 bits per heavy atom. The minimum Gasteiger partial charge on any atom is -0.376 e. The molecule has 0 spiro atoms. The van der Waals surface area contributed by atoms with Gasteiger partial charge in [-0.1, -0.05) is 13.8 Å². The third-order valence-corrected chi connectivity index (χ3v) is 4.60. The topological polar surface area (TPSA) is 30.5 Å². The molecule has 1 aromatic heterocycles. The summed E-state index contributed by atoms with van der Waals surface area (Å²) in [6.07, 6.45) is 2.64. The minimum absolute atomic E-state index is 0.320. The predicted molar refractivity (Wildman–Crippen MR) is 84.2 cm³/mol. The van der Waals surface area contributed by atoms with Crippen LogP contribution in [0.3, 0.4) is 0 Å². The fraction of sp³-hybridized carbons (Fsp3) is 0.750. The van der Waals surface area contributed by atoms with Crippen molar-refractivity contribution in [3.05, 3.63) is 21.4 Å². The first-order chi connectivity index (χ1) is 9.65. The SMILES string of the molecule is Cc1sc(CNCC(C)C)cc1COCC1CCCO1. The molecule has 0 amide bonds. The molecule has 1 aliphatic heterocycles. The number of aryl methyl sites for hydroxylation is 1. The van der Waals surface area contributed by atoms with Crippen LogP contribution in [0.5, 0.6) is 0 Å². The molecule has 1 aromatic rings. The Bertz CT molecular complexity index is 397. The molecule has 0 aliphatic carbocycles. The summed E-state index contributed by atoms with van der Waals surface area (Å²) in [6.45, 7) is 11.0. The van der Waals surface area contributed by atoms with Crippen LogP contribution in [0.25, 0.3) is 0 Å². The van der Waals surface area contributed by atoms with Gasteiger partial charge in [0.2, 0.25) is 0 Å². The van der Waals surface area contributed by atoms with Crippen LogP contribution in [0.2, 0.25) is 0 Å². The van der Waals surface area contributed by atoms with Crippen molar-refractivity contribution in [2.24, 2.45) is 5.92 Å². The fourth-order valence-corrected chi connectivity index (χ4v) is 3.40. The molecular formula is C16H27NO2S. The van der Waals surface area contributed by atoms with Crippen molar-refractivity contribution >= 4 is 11.3 Å². The second kappa shape index (κ2) is 8.13. The average molecular weight is 297 g/mol. The summed E-state index contributed by atoms with van der Waals surface area (Å²) in [7, 11) is 0. The van der Waals surface area contributed by atoms with Crippen molar-refractivity contribution in [2.75, 3.05) is 19.8 Å². The van der Waals surface area contributed by atoms with Crippen molar-refractivity contribution < 1.29 is 9.47 Å². The van der Waals surface area contributed by atoms with E-state index < -0.39 is 0 Å². The Hall–Kier alpha value is -0.420. The first-order valence-corrected chi connectivity index (χ1v) is 8.45. The lowest BCUT2D eigenvalue weighted by Crippen LogP contribution is -2.18. The third kappa shape index (κ3) is 5.17. The van der Waals surface area contributed by atoms with Crippen molar-refractivity contribution in [1.29, 1.82) is 0 Å². The molecule has 114 valence electrons. The molecule has 0 aromatic carbocycles. The van der Waals surface area contributed by atoms with Gasteiger partial charge in [-0.2, -0.15) is 0 Å². The predicted octanol–water partition coefficient (Wildman–Crippen LogP) is 3.50. The molecule has 2 heterocycles. The highest BCUT2D eigenvalue weighted by Crippen LogP contribution is 2.23. The van der Waals surface area contributed by atoms with Gasteiger partial charge in [-0.15, -0.1) is 11.3 Å². The maximum Gasteiger partial charge on any atom is 0.0809 e. The van der Waals surface area contributed by atoms with Crippen molar-refractivity contribution in [1.82, 2.24) is 5.32 Å². The Labute approximate surface area is 126 Å². The van der Waals surface area contributed by atoms with Crippen molar-refractivity contribution in [3.63, 3.8) is 0 Å². The van der Waals surface area contributed by atoms with Crippen LogP contribution in [-0.2, 0) is 22.6 Å². The zero-order chi connectivity index (χ0) is 14.4. The van der Waals surface area contributed by atoms with E-state index in [1.54, 1.807) is 0 Å². The van der Waals surface area contributed by atoms with E-state index in [1.807, 2.05) is 11.3 Å². The molecule has 1 aliphatic rings. The summed E-state index contributed by atoms with van der Waals surface area (Å²) in [5.74, 6) is 0.699. The van der Waals surface area contributed by atoms with E-state index in [0.717, 1.165) is 32.7 Å². The van der Waals surface area contributed by atoms with Gasteiger partial charge in [0.05, 0.1) is 19.3 Å². The number of thiophene rings is 1. The monoisotopic (exact) mass is 297 g/mol. The van der Waals surface area contributed by atoms with Gasteiger partial charge in [0.15, 0.2) is 0 Å². The third-order valence-electron chi connectivity index (χ3n) is 3.51. The molecule has 0 bridgehead atoms. The maximum atomic E-state index is 5.80. The highest BCUT2D eigenvalue weighted by molar-refractivity contribution is 7.12. The lowest BCUT2D eigenvalue weighted by atomic mass is 10.2. The number of hydrogen-bond donors (Lipinski definition) is 1. The zero-order valence-electron chi connectivity index (χ0n) is 12.9. The zero-order valence-corrected chi connectivity index (χ0v) is 13.7. The summed E-state index contributed by atoms with van der Waals surface area (Å²) >= 11 is 1.87. The molecular weight excluding hydrogens is 270 g/mol. The summed E-state index contributed by atoms with van der Waals surface area (Å²) in [5, 5.41) is 3.49. The highest BCUT2D eigenvalue weighted by Gasteiger charge is 2.15. The molecule has 1 unspecified atom stereocenters. The van der Waals surface area contributed by atoms with E-state index in [1.165, 1.54) is 21.7 Å². The van der Waals surface area contributed by atoms with Gasteiger partial charge in [-0.25, -0.2) is 0 Å². The molecule has 1 fully saturated rings. The Kier molecular flexibility index (Phi) is 6.49. The molecule has 0 radical (unpaired) electrons. The van der Waals surface area contributed by atoms with E-state index in [-0.39, 0.29) is 0 Å². The first kappa shape index (κ1) is 16.0. The normalized spacial score (nSPS) is 19.1. The number of ether oxygens (including phenoxy) is 2. The molecule has 20 heavy (non-hydrogen) atoms. The summed E-state index contributed by atoms with van der Waals surface area (Å²) in [6, 6.07) is 2.28. The number of nitrogens with one attached hydrogen (secondary N) is 1. The quantitative estimate of drug-likeness (QED) is 0.796. The first-order valence-electron chi connectivity index (χ1n) is 7.63. The number of hydrogen-bond acceptors (Lipinski definition) is 4. The van der Waals surface area contributed by atoms with Crippen LogP contribution in [0.4, 0.5) is 0 Å². The fourth-order valence-electron chi connectivity index (χ4n) is 2.38. The van der Waals surface area contributed by atoms with E-state index in [9.17, 15) is 0 Å². The van der Waals surface area contributed by atoms with Crippen LogP contribution in [0.1, 0.15) is 42.0 Å². The van der Waals surface area contributed by atoms with Crippen LogP contribution >= 0.6 is 11.3 Å². The van der Waals surface area contributed by atoms with E-state index in [0.29, 0.717) is 18.6 Å². The molecule has 1 saturated heterocycles. The van der Waals surface area contributed by atoms with Gasteiger partial charge in [0.1, 0.15) is 0 Å². The van der Waals surface area contributed by atoms with Gasteiger partial charge in [0, 0.05) is 22.9 Å². The van der Waals surface area contributed by atoms with E-state index in [2.05, 4.69) is 32.2 Å². The molecule has 2 rings (SSSR count).